The Labute approximate surface area is 59.8 Å². The van der Waals surface area contributed by atoms with Crippen molar-refractivity contribution in [2.24, 2.45) is 0 Å². The molecule has 1 aromatic rings. The molecule has 0 unspecified atom stereocenters. The highest BCUT2D eigenvalue weighted by Gasteiger charge is 1.89. The Balaban J connectivity index is 2.32. The topological polar surface area (TPSA) is 22.4 Å². The van der Waals surface area contributed by atoms with Crippen molar-refractivity contribution in [1.29, 1.82) is 0 Å². The van der Waals surface area contributed by atoms with Gasteiger partial charge in [0.2, 0.25) is 0 Å². The van der Waals surface area contributed by atoms with Crippen LogP contribution in [0, 0.1) is 11.8 Å². The van der Waals surface area contributed by atoms with Crippen molar-refractivity contribution < 1.29 is 9.15 Å². The van der Waals surface area contributed by atoms with E-state index in [-0.39, 0.29) is 0 Å². The van der Waals surface area contributed by atoms with E-state index < -0.39 is 0 Å². The minimum absolute atomic E-state index is 0.427. The standard InChI is InChI=1S/C8H8O2/c1-2-3-5-10-8-4-6-9-7-8/h4,6-7H,5H2,1H3. The molecule has 0 bridgehead atoms. The smallest absolute Gasteiger partial charge is 0.158 e. The fraction of sp³-hybridized carbons (Fsp3) is 0.250. The number of rotatable bonds is 2. The molecule has 1 aromatic heterocycles. The van der Waals surface area contributed by atoms with Gasteiger partial charge in [0.1, 0.15) is 12.9 Å². The summed E-state index contributed by atoms with van der Waals surface area (Å²) in [6, 6.07) is 1.75. The third-order valence-corrected chi connectivity index (χ3v) is 0.983. The largest absolute Gasteiger partial charge is 0.478 e. The van der Waals surface area contributed by atoms with Gasteiger partial charge >= 0.3 is 0 Å². The molecule has 1 heterocycles. The molecule has 0 atom stereocenters. The van der Waals surface area contributed by atoms with Crippen LogP contribution >= 0.6 is 0 Å². The lowest BCUT2D eigenvalue weighted by Gasteiger charge is -1.93. The van der Waals surface area contributed by atoms with E-state index in [2.05, 4.69) is 11.8 Å². The maximum absolute atomic E-state index is 5.12. The molecule has 0 saturated heterocycles. The van der Waals surface area contributed by atoms with Gasteiger partial charge in [0, 0.05) is 6.07 Å². The summed E-state index contributed by atoms with van der Waals surface area (Å²) in [5, 5.41) is 0. The Morgan fingerprint density at radius 2 is 2.60 bits per heavy atom. The minimum atomic E-state index is 0.427. The normalized spacial score (nSPS) is 8.10. The van der Waals surface area contributed by atoms with Gasteiger partial charge in [-0.1, -0.05) is 5.92 Å². The van der Waals surface area contributed by atoms with Crippen LogP contribution in [-0.2, 0) is 0 Å². The zero-order valence-electron chi connectivity index (χ0n) is 5.76. The second-order valence-electron chi connectivity index (χ2n) is 1.67. The van der Waals surface area contributed by atoms with Crippen LogP contribution in [0.2, 0.25) is 0 Å². The van der Waals surface area contributed by atoms with Gasteiger partial charge in [-0.15, -0.1) is 5.92 Å². The molecule has 0 amide bonds. The average molecular weight is 136 g/mol. The van der Waals surface area contributed by atoms with Gasteiger partial charge in [-0.3, -0.25) is 0 Å². The number of furan rings is 1. The first-order valence-corrected chi connectivity index (χ1v) is 2.98. The van der Waals surface area contributed by atoms with Crippen molar-refractivity contribution in [2.75, 3.05) is 6.61 Å². The van der Waals surface area contributed by atoms with Crippen LogP contribution in [0.25, 0.3) is 0 Å². The van der Waals surface area contributed by atoms with E-state index in [1.54, 1.807) is 19.3 Å². The average Bonchev–Trinajstić information content (AvgIpc) is 2.41. The number of ether oxygens (including phenoxy) is 1. The highest BCUT2D eigenvalue weighted by molar-refractivity contribution is 5.13. The minimum Gasteiger partial charge on any atom is -0.478 e. The number of hydrogen-bond donors (Lipinski definition) is 0. The predicted octanol–water partition coefficient (Wildman–Crippen LogP) is 1.68. The summed E-state index contributed by atoms with van der Waals surface area (Å²) in [4.78, 5) is 0. The number of hydrogen-bond acceptors (Lipinski definition) is 2. The van der Waals surface area contributed by atoms with E-state index in [9.17, 15) is 0 Å². The Hall–Kier alpha value is -1.36. The molecule has 0 radical (unpaired) electrons. The molecule has 0 aromatic carbocycles. The van der Waals surface area contributed by atoms with Gasteiger partial charge < -0.3 is 9.15 Å². The van der Waals surface area contributed by atoms with E-state index in [1.807, 2.05) is 0 Å². The maximum Gasteiger partial charge on any atom is 0.158 e. The molecule has 1 rings (SSSR count). The summed E-state index contributed by atoms with van der Waals surface area (Å²) in [5.41, 5.74) is 0. The van der Waals surface area contributed by atoms with Crippen molar-refractivity contribution in [1.82, 2.24) is 0 Å². The predicted molar refractivity (Wildman–Crippen MR) is 37.7 cm³/mol. The molecule has 0 saturated carbocycles. The maximum atomic E-state index is 5.12. The zero-order valence-corrected chi connectivity index (χ0v) is 5.76. The molecular formula is C8H8O2. The molecule has 0 aliphatic carbocycles. The van der Waals surface area contributed by atoms with E-state index in [4.69, 9.17) is 9.15 Å². The van der Waals surface area contributed by atoms with Crippen LogP contribution in [0.15, 0.2) is 23.0 Å². The first-order valence-electron chi connectivity index (χ1n) is 2.98. The summed E-state index contributed by atoms with van der Waals surface area (Å²) in [5.74, 6) is 6.22. The van der Waals surface area contributed by atoms with Gasteiger partial charge in [0.25, 0.3) is 0 Å². The molecule has 0 aliphatic rings. The van der Waals surface area contributed by atoms with Crippen molar-refractivity contribution in [3.05, 3.63) is 18.6 Å². The highest BCUT2D eigenvalue weighted by atomic mass is 16.5. The SMILES string of the molecule is CC#CCOc1ccoc1. The zero-order chi connectivity index (χ0) is 7.23. The molecular weight excluding hydrogens is 128 g/mol. The lowest BCUT2D eigenvalue weighted by molar-refractivity contribution is 0.364. The highest BCUT2D eigenvalue weighted by Crippen LogP contribution is 2.08. The first-order chi connectivity index (χ1) is 4.93. The molecule has 0 spiro atoms. The molecule has 2 heteroatoms. The van der Waals surface area contributed by atoms with Crippen molar-refractivity contribution in [3.8, 4) is 17.6 Å². The Morgan fingerprint density at radius 1 is 1.70 bits per heavy atom. The Kier molecular flexibility index (Phi) is 2.45. The summed E-state index contributed by atoms with van der Waals surface area (Å²) < 4.78 is 9.89. The lowest BCUT2D eigenvalue weighted by Crippen LogP contribution is -1.90. The monoisotopic (exact) mass is 136 g/mol. The third kappa shape index (κ3) is 1.87. The lowest BCUT2D eigenvalue weighted by atomic mass is 10.6. The summed E-state index contributed by atoms with van der Waals surface area (Å²) in [7, 11) is 0. The molecule has 52 valence electrons. The van der Waals surface area contributed by atoms with Crippen LogP contribution in [-0.4, -0.2) is 6.61 Å². The van der Waals surface area contributed by atoms with E-state index in [0.717, 1.165) is 5.75 Å². The summed E-state index contributed by atoms with van der Waals surface area (Å²) in [6.45, 7) is 2.20. The molecule has 0 aliphatic heterocycles. The van der Waals surface area contributed by atoms with Crippen molar-refractivity contribution >= 4 is 0 Å². The quantitative estimate of drug-likeness (QED) is 0.577. The van der Waals surface area contributed by atoms with Crippen LogP contribution in [0.5, 0.6) is 5.75 Å². The van der Waals surface area contributed by atoms with E-state index in [1.165, 1.54) is 6.26 Å². The molecule has 2 nitrogen and oxygen atoms in total. The first kappa shape index (κ1) is 6.76. The van der Waals surface area contributed by atoms with Crippen molar-refractivity contribution in [3.63, 3.8) is 0 Å². The van der Waals surface area contributed by atoms with E-state index >= 15 is 0 Å². The van der Waals surface area contributed by atoms with E-state index in [0.29, 0.717) is 6.61 Å². The van der Waals surface area contributed by atoms with Crippen LogP contribution in [0.3, 0.4) is 0 Å². The molecule has 0 fully saturated rings. The van der Waals surface area contributed by atoms with Gasteiger partial charge in [0.05, 0.1) is 6.26 Å². The fourth-order valence-electron chi connectivity index (χ4n) is 0.526. The van der Waals surface area contributed by atoms with Crippen molar-refractivity contribution in [2.45, 2.75) is 6.92 Å². The van der Waals surface area contributed by atoms with Crippen LogP contribution < -0.4 is 4.74 Å². The molecule has 10 heavy (non-hydrogen) atoms. The van der Waals surface area contributed by atoms with Gasteiger partial charge in [0.15, 0.2) is 5.75 Å². The van der Waals surface area contributed by atoms with Gasteiger partial charge in [-0.25, -0.2) is 0 Å². The van der Waals surface area contributed by atoms with Gasteiger partial charge in [-0.2, -0.15) is 0 Å². The second-order valence-corrected chi connectivity index (χ2v) is 1.67. The van der Waals surface area contributed by atoms with Gasteiger partial charge in [-0.05, 0) is 6.92 Å². The van der Waals surface area contributed by atoms with Crippen LogP contribution in [0.1, 0.15) is 6.92 Å². The fourth-order valence-corrected chi connectivity index (χ4v) is 0.526. The van der Waals surface area contributed by atoms with Crippen LogP contribution in [0.4, 0.5) is 0 Å². The second kappa shape index (κ2) is 3.62. The third-order valence-electron chi connectivity index (χ3n) is 0.983. The Morgan fingerprint density at radius 3 is 3.20 bits per heavy atom. The summed E-state index contributed by atoms with van der Waals surface area (Å²) in [6.07, 6.45) is 3.10. The summed E-state index contributed by atoms with van der Waals surface area (Å²) >= 11 is 0. The Bertz CT molecular complexity index is 226. The molecule has 0 N–H and O–H groups in total.